The molecule has 19 heavy (non-hydrogen) atoms. The van der Waals surface area contributed by atoms with Crippen LogP contribution in [0.1, 0.15) is 12.5 Å². The van der Waals surface area contributed by atoms with Gasteiger partial charge in [0.15, 0.2) is 0 Å². The fourth-order valence-corrected chi connectivity index (χ4v) is 2.19. The summed E-state index contributed by atoms with van der Waals surface area (Å²) in [5.74, 6) is 0. The van der Waals surface area contributed by atoms with Crippen molar-refractivity contribution >= 4 is 33.3 Å². The lowest BCUT2D eigenvalue weighted by atomic mass is 10.1. The number of aryl methyl sites for hydroxylation is 1. The number of rotatable bonds is 3. The van der Waals surface area contributed by atoms with E-state index >= 15 is 0 Å². The SMILES string of the molecule is CCc1cc(Br)ccc1NC(=O)Nc1ccccc1. The van der Waals surface area contributed by atoms with Gasteiger partial charge in [0, 0.05) is 15.8 Å². The van der Waals surface area contributed by atoms with Gasteiger partial charge in [0.2, 0.25) is 0 Å². The predicted molar refractivity (Wildman–Crippen MR) is 82.6 cm³/mol. The molecule has 0 aliphatic rings. The van der Waals surface area contributed by atoms with Crippen LogP contribution in [-0.4, -0.2) is 6.03 Å². The monoisotopic (exact) mass is 318 g/mol. The average molecular weight is 319 g/mol. The molecule has 2 N–H and O–H groups in total. The van der Waals surface area contributed by atoms with Gasteiger partial charge in [0.05, 0.1) is 0 Å². The van der Waals surface area contributed by atoms with Crippen molar-refractivity contribution in [3.05, 3.63) is 58.6 Å². The largest absolute Gasteiger partial charge is 0.323 e. The normalized spacial score (nSPS) is 10.0. The van der Waals surface area contributed by atoms with E-state index in [0.29, 0.717) is 0 Å². The van der Waals surface area contributed by atoms with Crippen molar-refractivity contribution in [1.29, 1.82) is 0 Å². The molecule has 0 aliphatic heterocycles. The number of anilines is 2. The molecule has 0 heterocycles. The van der Waals surface area contributed by atoms with E-state index in [1.165, 1.54) is 0 Å². The first kappa shape index (κ1) is 13.6. The third-order valence-corrected chi connectivity index (χ3v) is 3.22. The van der Waals surface area contributed by atoms with E-state index in [1.54, 1.807) is 0 Å². The van der Waals surface area contributed by atoms with Gasteiger partial charge in [-0.1, -0.05) is 41.1 Å². The molecular weight excluding hydrogens is 304 g/mol. The van der Waals surface area contributed by atoms with Crippen LogP contribution >= 0.6 is 15.9 Å². The van der Waals surface area contributed by atoms with E-state index in [4.69, 9.17) is 0 Å². The Balaban J connectivity index is 2.07. The minimum Gasteiger partial charge on any atom is -0.308 e. The van der Waals surface area contributed by atoms with E-state index < -0.39 is 0 Å². The molecule has 2 rings (SSSR count). The Morgan fingerprint density at radius 3 is 2.53 bits per heavy atom. The van der Waals surface area contributed by atoms with Crippen molar-refractivity contribution in [2.75, 3.05) is 10.6 Å². The molecule has 4 heteroatoms. The van der Waals surface area contributed by atoms with Gasteiger partial charge >= 0.3 is 6.03 Å². The summed E-state index contributed by atoms with van der Waals surface area (Å²) in [6, 6.07) is 15.0. The minimum atomic E-state index is -0.233. The predicted octanol–water partition coefficient (Wildman–Crippen LogP) is 4.66. The summed E-state index contributed by atoms with van der Waals surface area (Å²) < 4.78 is 1.01. The zero-order chi connectivity index (χ0) is 13.7. The number of carbonyl (C=O) groups excluding carboxylic acids is 1. The second-order valence-corrected chi connectivity index (χ2v) is 5.02. The van der Waals surface area contributed by atoms with Crippen molar-refractivity contribution in [3.63, 3.8) is 0 Å². The molecule has 98 valence electrons. The number of urea groups is 1. The highest BCUT2D eigenvalue weighted by Gasteiger charge is 2.06. The summed E-state index contributed by atoms with van der Waals surface area (Å²) >= 11 is 3.43. The molecule has 2 aromatic rings. The van der Waals surface area contributed by atoms with Crippen LogP contribution < -0.4 is 10.6 Å². The maximum absolute atomic E-state index is 11.9. The van der Waals surface area contributed by atoms with E-state index in [-0.39, 0.29) is 6.03 Å². The number of amides is 2. The molecule has 3 nitrogen and oxygen atoms in total. The molecule has 0 spiro atoms. The molecule has 0 fully saturated rings. The molecule has 0 atom stereocenters. The van der Waals surface area contributed by atoms with E-state index in [9.17, 15) is 4.79 Å². The Labute approximate surface area is 121 Å². The van der Waals surface area contributed by atoms with Crippen LogP contribution in [0.4, 0.5) is 16.2 Å². The molecule has 0 bridgehead atoms. The molecule has 0 aliphatic carbocycles. The number of para-hydroxylation sites is 1. The van der Waals surface area contributed by atoms with Crippen LogP contribution in [-0.2, 0) is 6.42 Å². The van der Waals surface area contributed by atoms with Crippen molar-refractivity contribution in [2.45, 2.75) is 13.3 Å². The van der Waals surface area contributed by atoms with Crippen molar-refractivity contribution < 1.29 is 4.79 Å². The van der Waals surface area contributed by atoms with Crippen molar-refractivity contribution in [3.8, 4) is 0 Å². The second-order valence-electron chi connectivity index (χ2n) is 4.10. The van der Waals surface area contributed by atoms with Crippen LogP contribution in [0.3, 0.4) is 0 Å². The zero-order valence-electron chi connectivity index (χ0n) is 10.6. The summed E-state index contributed by atoms with van der Waals surface area (Å²) in [4.78, 5) is 11.9. The number of hydrogen-bond donors (Lipinski definition) is 2. The fraction of sp³-hybridized carbons (Fsp3) is 0.133. The van der Waals surface area contributed by atoms with Crippen LogP contribution in [0.5, 0.6) is 0 Å². The smallest absolute Gasteiger partial charge is 0.308 e. The Kier molecular flexibility index (Phi) is 4.58. The summed E-state index contributed by atoms with van der Waals surface area (Å²) in [5.41, 5.74) is 2.70. The first-order chi connectivity index (χ1) is 9.19. The third kappa shape index (κ3) is 3.83. The molecule has 0 saturated heterocycles. The average Bonchev–Trinajstić information content (AvgIpc) is 2.42. The quantitative estimate of drug-likeness (QED) is 0.849. The number of benzene rings is 2. The number of halogens is 1. The Morgan fingerprint density at radius 1 is 1.11 bits per heavy atom. The third-order valence-electron chi connectivity index (χ3n) is 2.73. The highest BCUT2D eigenvalue weighted by atomic mass is 79.9. The zero-order valence-corrected chi connectivity index (χ0v) is 12.2. The Morgan fingerprint density at radius 2 is 1.84 bits per heavy atom. The van der Waals surface area contributed by atoms with Crippen LogP contribution in [0.25, 0.3) is 0 Å². The summed E-state index contributed by atoms with van der Waals surface area (Å²) in [5, 5.41) is 5.66. The number of carbonyl (C=O) groups is 1. The Bertz CT molecular complexity index is 570. The summed E-state index contributed by atoms with van der Waals surface area (Å²) in [6.07, 6.45) is 0.861. The highest BCUT2D eigenvalue weighted by molar-refractivity contribution is 9.10. The van der Waals surface area contributed by atoms with Gasteiger partial charge in [-0.05, 0) is 42.3 Å². The van der Waals surface area contributed by atoms with Crippen LogP contribution in [0.15, 0.2) is 53.0 Å². The summed E-state index contributed by atoms with van der Waals surface area (Å²) in [6.45, 7) is 2.06. The maximum atomic E-state index is 11.9. The summed E-state index contributed by atoms with van der Waals surface area (Å²) in [7, 11) is 0. The van der Waals surface area contributed by atoms with Crippen molar-refractivity contribution in [1.82, 2.24) is 0 Å². The van der Waals surface area contributed by atoms with Crippen molar-refractivity contribution in [2.24, 2.45) is 0 Å². The molecule has 0 unspecified atom stereocenters. The molecule has 0 radical (unpaired) electrons. The fourth-order valence-electron chi connectivity index (χ4n) is 1.78. The van der Waals surface area contributed by atoms with Crippen LogP contribution in [0.2, 0.25) is 0 Å². The highest BCUT2D eigenvalue weighted by Crippen LogP contribution is 2.21. The van der Waals surface area contributed by atoms with E-state index in [1.807, 2.05) is 48.5 Å². The van der Waals surface area contributed by atoms with E-state index in [0.717, 1.165) is 27.8 Å². The van der Waals surface area contributed by atoms with Crippen LogP contribution in [0, 0.1) is 0 Å². The molecule has 0 aromatic heterocycles. The Hall–Kier alpha value is -1.81. The standard InChI is InChI=1S/C15H15BrN2O/c1-2-11-10-12(16)8-9-14(11)18-15(19)17-13-6-4-3-5-7-13/h3-10H,2H2,1H3,(H2,17,18,19). The maximum Gasteiger partial charge on any atom is 0.323 e. The van der Waals surface area contributed by atoms with Gasteiger partial charge in [0.25, 0.3) is 0 Å². The van der Waals surface area contributed by atoms with Gasteiger partial charge in [-0.2, -0.15) is 0 Å². The molecule has 2 amide bonds. The van der Waals surface area contributed by atoms with Gasteiger partial charge in [-0.15, -0.1) is 0 Å². The van der Waals surface area contributed by atoms with Gasteiger partial charge in [-0.25, -0.2) is 4.79 Å². The minimum absolute atomic E-state index is 0.233. The van der Waals surface area contributed by atoms with Gasteiger partial charge in [-0.3, -0.25) is 0 Å². The first-order valence-corrected chi connectivity index (χ1v) is 6.90. The second kappa shape index (κ2) is 6.38. The van der Waals surface area contributed by atoms with E-state index in [2.05, 4.69) is 33.5 Å². The lowest BCUT2D eigenvalue weighted by molar-refractivity contribution is 0.262. The molecular formula is C15H15BrN2O. The van der Waals surface area contributed by atoms with Gasteiger partial charge < -0.3 is 10.6 Å². The number of hydrogen-bond acceptors (Lipinski definition) is 1. The topological polar surface area (TPSA) is 41.1 Å². The molecule has 2 aromatic carbocycles. The number of nitrogens with one attached hydrogen (secondary N) is 2. The lowest BCUT2D eigenvalue weighted by Gasteiger charge is -2.11. The van der Waals surface area contributed by atoms with Gasteiger partial charge in [0.1, 0.15) is 0 Å². The molecule has 0 saturated carbocycles. The first-order valence-electron chi connectivity index (χ1n) is 6.10. The lowest BCUT2D eigenvalue weighted by Crippen LogP contribution is -2.20.